The van der Waals surface area contributed by atoms with E-state index < -0.39 is 5.54 Å². The number of aromatic nitrogens is 2. The Labute approximate surface area is 111 Å². The lowest BCUT2D eigenvalue weighted by atomic mass is 9.81. The molecule has 18 heavy (non-hydrogen) atoms. The van der Waals surface area contributed by atoms with E-state index >= 15 is 0 Å². The molecule has 0 saturated heterocycles. The first-order valence-electron chi connectivity index (χ1n) is 6.01. The van der Waals surface area contributed by atoms with Gasteiger partial charge in [0.1, 0.15) is 6.33 Å². The van der Waals surface area contributed by atoms with Gasteiger partial charge in [-0.1, -0.05) is 31.5 Å². The fourth-order valence-electron chi connectivity index (χ4n) is 2.29. The Bertz CT molecular complexity index is 443. The number of rotatable bonds is 3. The molecule has 0 aromatic carbocycles. The number of thiocarbonyl (C=S) groups is 1. The zero-order valence-electron chi connectivity index (χ0n) is 10.1. The van der Waals surface area contributed by atoms with Crippen molar-refractivity contribution in [1.29, 1.82) is 0 Å². The largest absolute Gasteiger partial charge is 0.391 e. The number of nitrogens with zero attached hydrogens (tertiary/aromatic N) is 2. The molecule has 0 atom stereocenters. The molecule has 1 aromatic rings. The number of hydrogen-bond donors (Lipinski definition) is 2. The van der Waals surface area contributed by atoms with Gasteiger partial charge >= 0.3 is 0 Å². The van der Waals surface area contributed by atoms with E-state index in [0.29, 0.717) is 10.6 Å². The molecular weight excluding hydrogens is 248 g/mol. The maximum absolute atomic E-state index is 12.1. The average Bonchev–Trinajstić information content (AvgIpc) is 2.40. The highest BCUT2D eigenvalue weighted by Gasteiger charge is 2.36. The van der Waals surface area contributed by atoms with Crippen LogP contribution in [-0.2, 0) is 0 Å². The molecule has 0 spiro atoms. The molecule has 1 heterocycles. The van der Waals surface area contributed by atoms with Crippen LogP contribution in [0.2, 0.25) is 0 Å². The molecule has 0 unspecified atom stereocenters. The van der Waals surface area contributed by atoms with Gasteiger partial charge in [-0.15, -0.1) is 0 Å². The van der Waals surface area contributed by atoms with Crippen LogP contribution in [-0.4, -0.2) is 26.4 Å². The summed E-state index contributed by atoms with van der Waals surface area (Å²) in [5, 5.41) is 2.96. The van der Waals surface area contributed by atoms with Gasteiger partial charge in [-0.3, -0.25) is 4.79 Å². The van der Waals surface area contributed by atoms with Gasteiger partial charge in [0.2, 0.25) is 0 Å². The van der Waals surface area contributed by atoms with Gasteiger partial charge < -0.3 is 11.1 Å². The van der Waals surface area contributed by atoms with Crippen LogP contribution in [0.5, 0.6) is 0 Å². The number of nitrogens with two attached hydrogens (primary N) is 1. The average molecular weight is 264 g/mol. The van der Waals surface area contributed by atoms with E-state index in [4.69, 9.17) is 18.0 Å². The summed E-state index contributed by atoms with van der Waals surface area (Å²) in [5.41, 5.74) is 5.70. The van der Waals surface area contributed by atoms with Crippen molar-refractivity contribution >= 4 is 23.1 Å². The second-order valence-corrected chi connectivity index (χ2v) is 5.03. The predicted octanol–water partition coefficient (Wildman–Crippen LogP) is 1.20. The van der Waals surface area contributed by atoms with Crippen LogP contribution in [0.3, 0.4) is 0 Å². The van der Waals surface area contributed by atoms with Crippen molar-refractivity contribution in [3.63, 3.8) is 0 Å². The Morgan fingerprint density at radius 3 is 2.44 bits per heavy atom. The van der Waals surface area contributed by atoms with Crippen molar-refractivity contribution in [2.45, 2.75) is 37.6 Å². The Morgan fingerprint density at radius 1 is 1.28 bits per heavy atom. The highest BCUT2D eigenvalue weighted by atomic mass is 32.1. The minimum Gasteiger partial charge on any atom is -0.391 e. The van der Waals surface area contributed by atoms with Gasteiger partial charge in [0.05, 0.1) is 16.1 Å². The third kappa shape index (κ3) is 2.64. The smallest absolute Gasteiger partial charge is 0.255 e. The van der Waals surface area contributed by atoms with E-state index in [1.807, 2.05) is 0 Å². The molecule has 0 bridgehead atoms. The van der Waals surface area contributed by atoms with Gasteiger partial charge in [-0.2, -0.15) is 0 Å². The molecule has 2 rings (SSSR count). The third-order valence-electron chi connectivity index (χ3n) is 3.35. The summed E-state index contributed by atoms with van der Waals surface area (Å²) < 4.78 is 0. The zero-order chi connectivity index (χ0) is 13.0. The monoisotopic (exact) mass is 264 g/mol. The van der Waals surface area contributed by atoms with Crippen LogP contribution >= 0.6 is 12.2 Å². The predicted molar refractivity (Wildman–Crippen MR) is 72.1 cm³/mol. The summed E-state index contributed by atoms with van der Waals surface area (Å²) in [6.45, 7) is 0. The van der Waals surface area contributed by atoms with Crippen molar-refractivity contribution < 1.29 is 4.79 Å². The van der Waals surface area contributed by atoms with E-state index in [0.717, 1.165) is 32.1 Å². The first-order chi connectivity index (χ1) is 8.64. The van der Waals surface area contributed by atoms with Crippen LogP contribution in [0.25, 0.3) is 0 Å². The highest BCUT2D eigenvalue weighted by molar-refractivity contribution is 7.80. The standard InChI is InChI=1S/C12H16N4OS/c13-11(18)12(4-2-1-3-5-12)16-10(17)9-6-14-8-15-7-9/h6-8H,1-5H2,(H2,13,18)(H,16,17). The van der Waals surface area contributed by atoms with Crippen LogP contribution in [0.4, 0.5) is 0 Å². The fraction of sp³-hybridized carbons (Fsp3) is 0.500. The number of amides is 1. The van der Waals surface area contributed by atoms with Crippen molar-refractivity contribution in [3.8, 4) is 0 Å². The van der Waals surface area contributed by atoms with E-state index in [9.17, 15) is 4.79 Å². The summed E-state index contributed by atoms with van der Waals surface area (Å²) in [6, 6.07) is 0. The molecule has 1 saturated carbocycles. The molecule has 1 aliphatic rings. The van der Waals surface area contributed by atoms with Crippen LogP contribution < -0.4 is 11.1 Å². The second-order valence-electron chi connectivity index (χ2n) is 4.59. The van der Waals surface area contributed by atoms with E-state index in [1.165, 1.54) is 18.7 Å². The van der Waals surface area contributed by atoms with Crippen molar-refractivity contribution in [1.82, 2.24) is 15.3 Å². The molecule has 1 aliphatic carbocycles. The van der Waals surface area contributed by atoms with Gasteiger partial charge in [-0.05, 0) is 12.8 Å². The fourth-order valence-corrected chi connectivity index (χ4v) is 2.55. The summed E-state index contributed by atoms with van der Waals surface area (Å²) in [4.78, 5) is 20.1. The molecule has 96 valence electrons. The maximum Gasteiger partial charge on any atom is 0.255 e. The second kappa shape index (κ2) is 5.39. The number of carbonyl (C=O) groups excluding carboxylic acids is 1. The lowest BCUT2D eigenvalue weighted by Gasteiger charge is -2.37. The normalized spacial score (nSPS) is 18.0. The number of hydrogen-bond acceptors (Lipinski definition) is 4. The van der Waals surface area contributed by atoms with Crippen molar-refractivity contribution in [2.75, 3.05) is 0 Å². The third-order valence-corrected chi connectivity index (χ3v) is 3.75. The molecule has 0 aliphatic heterocycles. The van der Waals surface area contributed by atoms with Crippen LogP contribution in [0, 0.1) is 0 Å². The minimum absolute atomic E-state index is 0.217. The quantitative estimate of drug-likeness (QED) is 0.802. The minimum atomic E-state index is -0.541. The van der Waals surface area contributed by atoms with Gasteiger partial charge in [-0.25, -0.2) is 9.97 Å². The molecule has 1 aromatic heterocycles. The Hall–Kier alpha value is -1.56. The molecule has 1 fully saturated rings. The summed E-state index contributed by atoms with van der Waals surface area (Å²) in [6.07, 6.45) is 9.20. The Morgan fingerprint density at radius 2 is 1.89 bits per heavy atom. The SMILES string of the molecule is NC(=S)C1(NC(=O)c2cncnc2)CCCCC1. The highest BCUT2D eigenvalue weighted by Crippen LogP contribution is 2.28. The van der Waals surface area contributed by atoms with Crippen molar-refractivity contribution in [3.05, 3.63) is 24.3 Å². The summed E-state index contributed by atoms with van der Waals surface area (Å²) in [5.74, 6) is -0.217. The molecule has 6 heteroatoms. The molecular formula is C12H16N4OS. The summed E-state index contributed by atoms with van der Waals surface area (Å²) >= 11 is 5.13. The molecule has 0 radical (unpaired) electrons. The first kappa shape index (κ1) is 12.9. The molecule has 5 nitrogen and oxygen atoms in total. The van der Waals surface area contributed by atoms with Gasteiger partial charge in [0, 0.05) is 12.4 Å². The van der Waals surface area contributed by atoms with E-state index in [-0.39, 0.29) is 5.91 Å². The van der Waals surface area contributed by atoms with Crippen molar-refractivity contribution in [2.24, 2.45) is 5.73 Å². The number of carbonyl (C=O) groups is 1. The number of nitrogens with one attached hydrogen (secondary N) is 1. The maximum atomic E-state index is 12.1. The van der Waals surface area contributed by atoms with Gasteiger partial charge in [0.15, 0.2) is 0 Å². The van der Waals surface area contributed by atoms with Gasteiger partial charge in [0.25, 0.3) is 5.91 Å². The molecule has 1 amide bonds. The lowest BCUT2D eigenvalue weighted by molar-refractivity contribution is 0.0907. The molecule has 3 N–H and O–H groups in total. The zero-order valence-corrected chi connectivity index (χ0v) is 10.9. The Kier molecular flexibility index (Phi) is 3.86. The van der Waals surface area contributed by atoms with Crippen LogP contribution in [0.15, 0.2) is 18.7 Å². The van der Waals surface area contributed by atoms with E-state index in [1.54, 1.807) is 0 Å². The van der Waals surface area contributed by atoms with E-state index in [2.05, 4.69) is 15.3 Å². The lowest BCUT2D eigenvalue weighted by Crippen LogP contribution is -2.57. The Balaban J connectivity index is 2.15. The first-order valence-corrected chi connectivity index (χ1v) is 6.42. The topological polar surface area (TPSA) is 80.9 Å². The summed E-state index contributed by atoms with van der Waals surface area (Å²) in [7, 11) is 0. The van der Waals surface area contributed by atoms with Crippen LogP contribution in [0.1, 0.15) is 42.5 Å².